The summed E-state index contributed by atoms with van der Waals surface area (Å²) < 4.78 is 26.5. The lowest BCUT2D eigenvalue weighted by Crippen LogP contribution is -2.15. The summed E-state index contributed by atoms with van der Waals surface area (Å²) in [4.78, 5) is 0. The molecule has 2 N–H and O–H groups in total. The van der Waals surface area contributed by atoms with Crippen molar-refractivity contribution in [2.75, 3.05) is 4.72 Å². The Bertz CT molecular complexity index is 747. The molecule has 0 radical (unpaired) electrons. The van der Waals surface area contributed by atoms with E-state index in [1.807, 2.05) is 6.07 Å². The molecule has 2 aromatic rings. The van der Waals surface area contributed by atoms with Crippen LogP contribution in [0.15, 0.2) is 48.5 Å². The molecule has 0 heterocycles. The Morgan fingerprint density at radius 3 is 2.40 bits per heavy atom. The number of aromatic hydroxyl groups is 1. The van der Waals surface area contributed by atoms with Crippen molar-refractivity contribution in [2.24, 2.45) is 0 Å². The number of nitriles is 1. The fourth-order valence-electron chi connectivity index (χ4n) is 1.71. The predicted octanol–water partition coefficient (Wildman–Crippen LogP) is 2.21. The smallest absolute Gasteiger partial charge is 0.236 e. The van der Waals surface area contributed by atoms with Gasteiger partial charge in [-0.2, -0.15) is 5.26 Å². The van der Waals surface area contributed by atoms with E-state index >= 15 is 0 Å². The van der Waals surface area contributed by atoms with Crippen molar-refractivity contribution in [1.29, 1.82) is 5.26 Å². The van der Waals surface area contributed by atoms with Crippen molar-refractivity contribution in [3.05, 3.63) is 59.7 Å². The molecule has 0 saturated heterocycles. The minimum absolute atomic E-state index is 0.0581. The molecule has 0 aliphatic heterocycles. The predicted molar refractivity (Wildman–Crippen MR) is 75.5 cm³/mol. The molecule has 0 fully saturated rings. The fourth-order valence-corrected chi connectivity index (χ4v) is 2.93. The summed E-state index contributed by atoms with van der Waals surface area (Å²) in [6.07, 6.45) is 0. The molecule has 0 atom stereocenters. The first kappa shape index (κ1) is 13.9. The van der Waals surface area contributed by atoms with Crippen molar-refractivity contribution in [3.8, 4) is 11.8 Å². The largest absolute Gasteiger partial charge is 0.508 e. The zero-order valence-corrected chi connectivity index (χ0v) is 11.3. The van der Waals surface area contributed by atoms with Crippen molar-refractivity contribution in [1.82, 2.24) is 0 Å². The zero-order valence-electron chi connectivity index (χ0n) is 10.4. The SMILES string of the molecule is N#Cc1ccccc1CS(=O)(=O)Nc1ccc(O)cc1. The average molecular weight is 288 g/mol. The van der Waals surface area contributed by atoms with Crippen LogP contribution in [0.1, 0.15) is 11.1 Å². The Morgan fingerprint density at radius 2 is 1.75 bits per heavy atom. The van der Waals surface area contributed by atoms with Crippen LogP contribution in [0.2, 0.25) is 0 Å². The van der Waals surface area contributed by atoms with E-state index in [1.54, 1.807) is 24.3 Å². The third kappa shape index (κ3) is 3.49. The van der Waals surface area contributed by atoms with Gasteiger partial charge in [0, 0.05) is 5.69 Å². The number of nitrogens with one attached hydrogen (secondary N) is 1. The van der Waals surface area contributed by atoms with Gasteiger partial charge in [-0.15, -0.1) is 0 Å². The quantitative estimate of drug-likeness (QED) is 0.844. The number of rotatable bonds is 4. The van der Waals surface area contributed by atoms with Gasteiger partial charge in [-0.05, 0) is 35.9 Å². The first-order valence-electron chi connectivity index (χ1n) is 5.78. The highest BCUT2D eigenvalue weighted by Gasteiger charge is 2.14. The van der Waals surface area contributed by atoms with Crippen molar-refractivity contribution < 1.29 is 13.5 Å². The Labute approximate surface area is 117 Å². The van der Waals surface area contributed by atoms with Crippen LogP contribution in [0.25, 0.3) is 0 Å². The standard InChI is InChI=1S/C14H12N2O3S/c15-9-11-3-1-2-4-12(11)10-20(18,19)16-13-5-7-14(17)8-6-13/h1-8,16-17H,10H2. The first-order chi connectivity index (χ1) is 9.50. The van der Waals surface area contributed by atoms with Crippen LogP contribution in [0.4, 0.5) is 5.69 Å². The van der Waals surface area contributed by atoms with E-state index in [-0.39, 0.29) is 11.5 Å². The van der Waals surface area contributed by atoms with Crippen LogP contribution in [0.3, 0.4) is 0 Å². The average Bonchev–Trinajstić information content (AvgIpc) is 2.41. The first-order valence-corrected chi connectivity index (χ1v) is 7.43. The van der Waals surface area contributed by atoms with Gasteiger partial charge in [-0.25, -0.2) is 8.42 Å². The van der Waals surface area contributed by atoms with Gasteiger partial charge < -0.3 is 5.11 Å². The maximum absolute atomic E-state index is 12.0. The van der Waals surface area contributed by atoms with Gasteiger partial charge in [-0.3, -0.25) is 4.72 Å². The Morgan fingerprint density at radius 1 is 1.10 bits per heavy atom. The molecule has 2 rings (SSSR count). The summed E-state index contributed by atoms with van der Waals surface area (Å²) >= 11 is 0. The summed E-state index contributed by atoms with van der Waals surface area (Å²) in [5.74, 6) is -0.222. The maximum Gasteiger partial charge on any atom is 0.236 e. The molecule has 6 heteroatoms. The number of nitrogens with zero attached hydrogens (tertiary/aromatic N) is 1. The molecule has 2 aromatic carbocycles. The summed E-state index contributed by atoms with van der Waals surface area (Å²) in [6.45, 7) is 0. The number of sulfonamides is 1. The lowest BCUT2D eigenvalue weighted by Gasteiger charge is -2.09. The second-order valence-corrected chi connectivity index (χ2v) is 5.90. The minimum atomic E-state index is -3.62. The van der Waals surface area contributed by atoms with Gasteiger partial charge in [-0.1, -0.05) is 18.2 Å². The highest BCUT2D eigenvalue weighted by Crippen LogP contribution is 2.17. The summed E-state index contributed by atoms with van der Waals surface area (Å²) in [5, 5.41) is 18.1. The fraction of sp³-hybridized carbons (Fsp3) is 0.0714. The van der Waals surface area contributed by atoms with Gasteiger partial charge in [0.15, 0.2) is 0 Å². The van der Waals surface area contributed by atoms with Gasteiger partial charge in [0.05, 0.1) is 17.4 Å². The van der Waals surface area contributed by atoms with E-state index in [4.69, 9.17) is 10.4 Å². The van der Waals surface area contributed by atoms with E-state index in [1.165, 1.54) is 24.3 Å². The number of benzene rings is 2. The van der Waals surface area contributed by atoms with Crippen LogP contribution < -0.4 is 4.72 Å². The zero-order chi connectivity index (χ0) is 14.6. The highest BCUT2D eigenvalue weighted by atomic mass is 32.2. The minimum Gasteiger partial charge on any atom is -0.508 e. The van der Waals surface area contributed by atoms with Crippen LogP contribution in [-0.4, -0.2) is 13.5 Å². The molecule has 102 valence electrons. The molecular weight excluding hydrogens is 276 g/mol. The topological polar surface area (TPSA) is 90.2 Å². The van der Waals surface area contributed by atoms with Crippen molar-refractivity contribution in [3.63, 3.8) is 0 Å². The summed E-state index contributed by atoms with van der Waals surface area (Å²) in [6, 6.07) is 14.2. The molecule has 0 aliphatic rings. The maximum atomic E-state index is 12.0. The number of hydrogen-bond donors (Lipinski definition) is 2. The second kappa shape index (κ2) is 5.63. The molecule has 5 nitrogen and oxygen atoms in total. The number of phenols is 1. The third-order valence-corrected chi connectivity index (χ3v) is 3.86. The van der Waals surface area contributed by atoms with Gasteiger partial charge in [0.25, 0.3) is 0 Å². The third-order valence-electron chi connectivity index (χ3n) is 2.62. The monoisotopic (exact) mass is 288 g/mol. The Kier molecular flexibility index (Phi) is 3.91. The lowest BCUT2D eigenvalue weighted by molar-refractivity contribution is 0.475. The number of phenolic OH excluding ortho intramolecular Hbond substituents is 1. The van der Waals surface area contributed by atoms with Gasteiger partial charge in [0.2, 0.25) is 10.0 Å². The van der Waals surface area contributed by atoms with Crippen LogP contribution in [-0.2, 0) is 15.8 Å². The van der Waals surface area contributed by atoms with Crippen molar-refractivity contribution >= 4 is 15.7 Å². The number of anilines is 1. The van der Waals surface area contributed by atoms with Crippen molar-refractivity contribution in [2.45, 2.75) is 5.75 Å². The Balaban J connectivity index is 2.19. The van der Waals surface area contributed by atoms with E-state index in [9.17, 15) is 8.42 Å². The molecule has 20 heavy (non-hydrogen) atoms. The van der Waals surface area contributed by atoms with Crippen LogP contribution >= 0.6 is 0 Å². The van der Waals surface area contributed by atoms with E-state index in [0.29, 0.717) is 16.8 Å². The van der Waals surface area contributed by atoms with E-state index in [0.717, 1.165) is 0 Å². The summed E-state index contributed by atoms with van der Waals surface area (Å²) in [5.41, 5.74) is 1.14. The lowest BCUT2D eigenvalue weighted by atomic mass is 10.1. The Hall–Kier alpha value is -2.52. The van der Waals surface area contributed by atoms with Gasteiger partial charge in [0.1, 0.15) is 5.75 Å². The highest BCUT2D eigenvalue weighted by molar-refractivity contribution is 7.91. The molecule has 0 bridgehead atoms. The normalized spacial score (nSPS) is 10.8. The van der Waals surface area contributed by atoms with Gasteiger partial charge >= 0.3 is 0 Å². The molecular formula is C14H12N2O3S. The number of hydrogen-bond acceptors (Lipinski definition) is 4. The molecule has 0 saturated carbocycles. The summed E-state index contributed by atoms with van der Waals surface area (Å²) in [7, 11) is -3.62. The van der Waals surface area contributed by atoms with E-state index in [2.05, 4.69) is 4.72 Å². The molecule has 0 amide bonds. The second-order valence-electron chi connectivity index (χ2n) is 4.18. The molecule has 0 aromatic heterocycles. The van der Waals surface area contributed by atoms with E-state index < -0.39 is 10.0 Å². The molecule has 0 unspecified atom stereocenters. The van der Waals surface area contributed by atoms with Crippen LogP contribution in [0.5, 0.6) is 5.75 Å². The molecule has 0 aliphatic carbocycles. The van der Waals surface area contributed by atoms with Crippen LogP contribution in [0, 0.1) is 11.3 Å². The molecule has 0 spiro atoms.